The minimum absolute atomic E-state index is 0.0957. The molecule has 0 heterocycles. The van der Waals surface area contributed by atoms with Crippen molar-refractivity contribution >= 4 is 11.8 Å². The Bertz CT molecular complexity index is 255. The maximum absolute atomic E-state index is 10.8. The third-order valence-electron chi connectivity index (χ3n) is 3.36. The molecule has 1 saturated carbocycles. The van der Waals surface area contributed by atoms with E-state index < -0.39 is 5.97 Å². The number of hydrogen-bond acceptors (Lipinski definition) is 2. The molecular weight excluding hydrogens is 180 g/mol. The van der Waals surface area contributed by atoms with Crippen LogP contribution in [0.4, 0.5) is 0 Å². The van der Waals surface area contributed by atoms with Gasteiger partial charge in [-0.1, -0.05) is 13.8 Å². The standard InChI is InChI=1S/C11H18O3/c1-7(12)4-5-9-8(10(13)14)6-11(9,2)3/h8-9H,4-6H2,1-3H3,(H,13,14)/t8-,9-/m1/s1. The molecular formula is C11H18O3. The van der Waals surface area contributed by atoms with E-state index in [9.17, 15) is 9.59 Å². The van der Waals surface area contributed by atoms with Gasteiger partial charge in [0, 0.05) is 6.42 Å². The van der Waals surface area contributed by atoms with Crippen LogP contribution in [0.3, 0.4) is 0 Å². The first-order valence-electron chi connectivity index (χ1n) is 5.07. The van der Waals surface area contributed by atoms with Gasteiger partial charge in [-0.05, 0) is 31.1 Å². The van der Waals surface area contributed by atoms with Crippen molar-refractivity contribution in [2.24, 2.45) is 17.3 Å². The molecule has 0 amide bonds. The van der Waals surface area contributed by atoms with Crippen LogP contribution in [0.15, 0.2) is 0 Å². The summed E-state index contributed by atoms with van der Waals surface area (Å²) in [5, 5.41) is 8.92. The number of carboxylic acid groups (broad SMARTS) is 1. The van der Waals surface area contributed by atoms with Crippen LogP contribution in [0.1, 0.15) is 40.0 Å². The number of ketones is 1. The topological polar surface area (TPSA) is 54.4 Å². The Labute approximate surface area is 84.5 Å². The molecule has 3 heteroatoms. The summed E-state index contributed by atoms with van der Waals surface area (Å²) in [6.45, 7) is 5.72. The van der Waals surface area contributed by atoms with Gasteiger partial charge in [0.25, 0.3) is 0 Å². The number of hydrogen-bond donors (Lipinski definition) is 1. The van der Waals surface area contributed by atoms with E-state index in [0.717, 1.165) is 12.8 Å². The van der Waals surface area contributed by atoms with E-state index in [2.05, 4.69) is 13.8 Å². The lowest BCUT2D eigenvalue weighted by Gasteiger charge is -2.49. The second kappa shape index (κ2) is 3.71. The first-order chi connectivity index (χ1) is 6.34. The Morgan fingerprint density at radius 2 is 2.00 bits per heavy atom. The highest BCUT2D eigenvalue weighted by Crippen LogP contribution is 2.52. The lowest BCUT2D eigenvalue weighted by atomic mass is 9.54. The van der Waals surface area contributed by atoms with Crippen LogP contribution in [-0.4, -0.2) is 16.9 Å². The van der Waals surface area contributed by atoms with E-state index in [1.165, 1.54) is 0 Å². The summed E-state index contributed by atoms with van der Waals surface area (Å²) in [5.74, 6) is -0.622. The molecule has 1 aliphatic carbocycles. The Morgan fingerprint density at radius 3 is 2.36 bits per heavy atom. The second-order valence-electron chi connectivity index (χ2n) is 4.98. The third-order valence-corrected chi connectivity index (χ3v) is 3.36. The van der Waals surface area contributed by atoms with Crippen LogP contribution in [0.2, 0.25) is 0 Å². The van der Waals surface area contributed by atoms with Crippen molar-refractivity contribution in [2.45, 2.75) is 40.0 Å². The zero-order valence-electron chi connectivity index (χ0n) is 9.04. The van der Waals surface area contributed by atoms with Crippen LogP contribution in [0.5, 0.6) is 0 Å². The molecule has 0 aromatic carbocycles. The number of Topliss-reactive ketones (excluding diaryl/α,β-unsaturated/α-hetero) is 1. The zero-order chi connectivity index (χ0) is 10.9. The van der Waals surface area contributed by atoms with E-state index >= 15 is 0 Å². The van der Waals surface area contributed by atoms with Crippen LogP contribution in [0.25, 0.3) is 0 Å². The van der Waals surface area contributed by atoms with Gasteiger partial charge in [0.05, 0.1) is 5.92 Å². The van der Waals surface area contributed by atoms with Gasteiger partial charge in [-0.3, -0.25) is 4.79 Å². The van der Waals surface area contributed by atoms with Crippen molar-refractivity contribution in [2.75, 3.05) is 0 Å². The van der Waals surface area contributed by atoms with Gasteiger partial charge < -0.3 is 9.90 Å². The van der Waals surface area contributed by atoms with Crippen LogP contribution in [-0.2, 0) is 9.59 Å². The molecule has 0 saturated heterocycles. The number of carbonyl (C=O) groups excluding carboxylic acids is 1. The summed E-state index contributed by atoms with van der Waals surface area (Å²) < 4.78 is 0. The number of carboxylic acids is 1. The lowest BCUT2D eigenvalue weighted by Crippen LogP contribution is -2.47. The molecule has 0 spiro atoms. The Hall–Kier alpha value is -0.860. The summed E-state index contributed by atoms with van der Waals surface area (Å²) in [5.41, 5.74) is 0.0957. The second-order valence-corrected chi connectivity index (χ2v) is 4.98. The lowest BCUT2D eigenvalue weighted by molar-refractivity contribution is -0.157. The summed E-state index contributed by atoms with van der Waals surface area (Å²) >= 11 is 0. The molecule has 1 fully saturated rings. The van der Waals surface area contributed by atoms with E-state index in [4.69, 9.17) is 5.11 Å². The molecule has 0 aliphatic heterocycles. The van der Waals surface area contributed by atoms with Crippen LogP contribution in [0, 0.1) is 17.3 Å². The van der Waals surface area contributed by atoms with Gasteiger partial charge in [-0.25, -0.2) is 0 Å². The van der Waals surface area contributed by atoms with Gasteiger partial charge in [0.15, 0.2) is 0 Å². The van der Waals surface area contributed by atoms with E-state index in [0.29, 0.717) is 6.42 Å². The van der Waals surface area contributed by atoms with E-state index in [1.807, 2.05) is 0 Å². The smallest absolute Gasteiger partial charge is 0.306 e. The largest absolute Gasteiger partial charge is 0.481 e. The van der Waals surface area contributed by atoms with Gasteiger partial charge in [-0.15, -0.1) is 0 Å². The molecule has 0 bridgehead atoms. The third kappa shape index (κ3) is 2.14. The predicted octanol–water partition coefficient (Wildman–Crippen LogP) is 2.10. The first kappa shape index (κ1) is 11.2. The van der Waals surface area contributed by atoms with Crippen LogP contribution < -0.4 is 0 Å². The summed E-state index contributed by atoms with van der Waals surface area (Å²) in [6, 6.07) is 0. The Kier molecular flexibility index (Phi) is 2.98. The highest BCUT2D eigenvalue weighted by Gasteiger charge is 2.50. The minimum Gasteiger partial charge on any atom is -0.481 e. The molecule has 14 heavy (non-hydrogen) atoms. The molecule has 3 nitrogen and oxygen atoms in total. The maximum atomic E-state index is 10.8. The summed E-state index contributed by atoms with van der Waals surface area (Å²) in [4.78, 5) is 21.7. The maximum Gasteiger partial charge on any atom is 0.306 e. The predicted molar refractivity (Wildman–Crippen MR) is 52.9 cm³/mol. The fourth-order valence-electron chi connectivity index (χ4n) is 2.45. The summed E-state index contributed by atoms with van der Waals surface area (Å²) in [7, 11) is 0. The average molecular weight is 198 g/mol. The number of aliphatic carboxylic acids is 1. The van der Waals surface area contributed by atoms with Crippen molar-refractivity contribution < 1.29 is 14.7 Å². The molecule has 0 radical (unpaired) electrons. The van der Waals surface area contributed by atoms with Crippen molar-refractivity contribution in [1.29, 1.82) is 0 Å². The molecule has 1 aliphatic rings. The van der Waals surface area contributed by atoms with E-state index in [1.54, 1.807) is 6.92 Å². The highest BCUT2D eigenvalue weighted by atomic mass is 16.4. The molecule has 1 N–H and O–H groups in total. The number of carbonyl (C=O) groups is 2. The van der Waals surface area contributed by atoms with Crippen LogP contribution >= 0.6 is 0 Å². The normalized spacial score (nSPS) is 29.4. The van der Waals surface area contributed by atoms with Crippen molar-refractivity contribution in [1.82, 2.24) is 0 Å². The molecule has 0 aromatic heterocycles. The fraction of sp³-hybridized carbons (Fsp3) is 0.818. The zero-order valence-corrected chi connectivity index (χ0v) is 9.04. The monoisotopic (exact) mass is 198 g/mol. The molecule has 0 aromatic rings. The molecule has 2 atom stereocenters. The van der Waals surface area contributed by atoms with Crippen molar-refractivity contribution in [3.05, 3.63) is 0 Å². The molecule has 1 rings (SSSR count). The van der Waals surface area contributed by atoms with Gasteiger partial charge in [0.2, 0.25) is 0 Å². The SMILES string of the molecule is CC(=O)CC[C@@H]1[C@H](C(=O)O)CC1(C)C. The van der Waals surface area contributed by atoms with Gasteiger partial charge in [0.1, 0.15) is 5.78 Å². The highest BCUT2D eigenvalue weighted by molar-refractivity contribution is 5.76. The quantitative estimate of drug-likeness (QED) is 0.752. The summed E-state index contributed by atoms with van der Waals surface area (Å²) in [6.07, 6.45) is 1.97. The van der Waals surface area contributed by atoms with Gasteiger partial charge >= 0.3 is 5.97 Å². The number of rotatable bonds is 4. The molecule has 0 unspecified atom stereocenters. The minimum atomic E-state index is -0.710. The molecule has 80 valence electrons. The average Bonchev–Trinajstić information content (AvgIpc) is 1.99. The van der Waals surface area contributed by atoms with Crippen molar-refractivity contribution in [3.8, 4) is 0 Å². The van der Waals surface area contributed by atoms with Gasteiger partial charge in [-0.2, -0.15) is 0 Å². The Morgan fingerprint density at radius 1 is 1.43 bits per heavy atom. The first-order valence-corrected chi connectivity index (χ1v) is 5.07. The van der Waals surface area contributed by atoms with E-state index in [-0.39, 0.29) is 23.0 Å². The van der Waals surface area contributed by atoms with Crippen molar-refractivity contribution in [3.63, 3.8) is 0 Å². The fourth-order valence-corrected chi connectivity index (χ4v) is 2.45. The Balaban J connectivity index is 2.53.